The van der Waals surface area contributed by atoms with E-state index in [-0.39, 0.29) is 24.1 Å². The molecule has 96 valence electrons. The van der Waals surface area contributed by atoms with Crippen LogP contribution in [0, 0.1) is 0 Å². The Balaban J connectivity index is 1.85. The second-order valence-electron chi connectivity index (χ2n) is 5.17. The van der Waals surface area contributed by atoms with Gasteiger partial charge in [0.2, 0.25) is 0 Å². The maximum absolute atomic E-state index is 12.4. The first-order valence-electron chi connectivity index (χ1n) is 6.38. The van der Waals surface area contributed by atoms with E-state index in [1.54, 1.807) is 18.2 Å². The summed E-state index contributed by atoms with van der Waals surface area (Å²) < 4.78 is 0. The molecule has 2 fully saturated rings. The lowest BCUT2D eigenvalue weighted by molar-refractivity contribution is 0.0282. The van der Waals surface area contributed by atoms with E-state index in [1.807, 2.05) is 4.90 Å². The number of nitrogen functional groups attached to an aromatic ring is 1. The highest BCUT2D eigenvalue weighted by Crippen LogP contribution is 2.36. The summed E-state index contributed by atoms with van der Waals surface area (Å²) >= 11 is 0. The normalized spacial score (nSPS) is 30.5. The number of fused-ring (bicyclic) bond motifs is 2. The van der Waals surface area contributed by atoms with Crippen LogP contribution >= 0.6 is 0 Å². The quantitative estimate of drug-likeness (QED) is 0.769. The average Bonchev–Trinajstić information content (AvgIpc) is 2.61. The first-order chi connectivity index (χ1) is 8.65. The maximum Gasteiger partial charge on any atom is 0.273 e. The number of anilines is 1. The standard InChI is InChI=1S/C13H17N3O2/c14-12-3-1-2-11(15-12)13(18)16-8-4-5-9(16)7-10(17)6-8/h1-3,8-10,17H,4-7H2,(H2,14,15). The molecule has 2 aliphatic heterocycles. The summed E-state index contributed by atoms with van der Waals surface area (Å²) in [5.41, 5.74) is 6.02. The lowest BCUT2D eigenvalue weighted by Crippen LogP contribution is -2.48. The summed E-state index contributed by atoms with van der Waals surface area (Å²) in [5, 5.41) is 9.73. The van der Waals surface area contributed by atoms with E-state index in [0.717, 1.165) is 12.8 Å². The summed E-state index contributed by atoms with van der Waals surface area (Å²) in [7, 11) is 0. The number of carbonyl (C=O) groups is 1. The van der Waals surface area contributed by atoms with Gasteiger partial charge in [-0.3, -0.25) is 4.79 Å². The molecule has 2 saturated heterocycles. The maximum atomic E-state index is 12.4. The van der Waals surface area contributed by atoms with Crippen LogP contribution in [-0.4, -0.2) is 39.1 Å². The van der Waals surface area contributed by atoms with Gasteiger partial charge in [-0.05, 0) is 37.8 Å². The molecule has 0 aromatic carbocycles. The van der Waals surface area contributed by atoms with E-state index in [2.05, 4.69) is 4.98 Å². The monoisotopic (exact) mass is 247 g/mol. The minimum atomic E-state index is -0.264. The van der Waals surface area contributed by atoms with Crippen LogP contribution in [0.3, 0.4) is 0 Å². The molecular weight excluding hydrogens is 230 g/mol. The van der Waals surface area contributed by atoms with Gasteiger partial charge in [0.1, 0.15) is 11.5 Å². The van der Waals surface area contributed by atoms with Gasteiger partial charge < -0.3 is 15.7 Å². The van der Waals surface area contributed by atoms with Crippen molar-refractivity contribution >= 4 is 11.7 Å². The lowest BCUT2D eigenvalue weighted by Gasteiger charge is -2.37. The molecule has 3 heterocycles. The van der Waals surface area contributed by atoms with Crippen molar-refractivity contribution in [3.8, 4) is 0 Å². The molecule has 0 spiro atoms. The Hall–Kier alpha value is -1.62. The fourth-order valence-corrected chi connectivity index (χ4v) is 3.18. The predicted molar refractivity (Wildman–Crippen MR) is 66.9 cm³/mol. The van der Waals surface area contributed by atoms with Gasteiger partial charge in [-0.15, -0.1) is 0 Å². The molecule has 18 heavy (non-hydrogen) atoms. The smallest absolute Gasteiger partial charge is 0.273 e. The van der Waals surface area contributed by atoms with E-state index < -0.39 is 0 Å². The molecule has 3 N–H and O–H groups in total. The number of aliphatic hydroxyl groups is 1. The average molecular weight is 247 g/mol. The summed E-state index contributed by atoms with van der Waals surface area (Å²) in [6, 6.07) is 5.44. The number of amides is 1. The Morgan fingerprint density at radius 2 is 2.00 bits per heavy atom. The van der Waals surface area contributed by atoms with Crippen molar-refractivity contribution in [2.45, 2.75) is 43.9 Å². The first kappa shape index (κ1) is 11.5. The van der Waals surface area contributed by atoms with Gasteiger partial charge >= 0.3 is 0 Å². The van der Waals surface area contributed by atoms with Gasteiger partial charge in [-0.25, -0.2) is 4.98 Å². The highest BCUT2D eigenvalue weighted by atomic mass is 16.3. The highest BCUT2D eigenvalue weighted by Gasteiger charge is 2.43. The van der Waals surface area contributed by atoms with Crippen LogP contribution in [0.2, 0.25) is 0 Å². The van der Waals surface area contributed by atoms with Crippen molar-refractivity contribution in [1.82, 2.24) is 9.88 Å². The minimum Gasteiger partial charge on any atom is -0.393 e. The fraction of sp³-hybridized carbons (Fsp3) is 0.538. The molecular formula is C13H17N3O2. The molecule has 2 unspecified atom stereocenters. The van der Waals surface area contributed by atoms with E-state index in [9.17, 15) is 9.90 Å². The zero-order chi connectivity index (χ0) is 12.7. The molecule has 1 aromatic heterocycles. The van der Waals surface area contributed by atoms with Crippen molar-refractivity contribution in [2.24, 2.45) is 0 Å². The van der Waals surface area contributed by atoms with Gasteiger partial charge in [-0.1, -0.05) is 6.07 Å². The number of carbonyl (C=O) groups excluding carboxylic acids is 1. The summed E-state index contributed by atoms with van der Waals surface area (Å²) in [6.45, 7) is 0. The summed E-state index contributed by atoms with van der Waals surface area (Å²) in [6.07, 6.45) is 3.07. The van der Waals surface area contributed by atoms with Crippen LogP contribution < -0.4 is 5.73 Å². The Morgan fingerprint density at radius 3 is 2.61 bits per heavy atom. The molecule has 0 aliphatic carbocycles. The number of nitrogens with two attached hydrogens (primary N) is 1. The van der Waals surface area contributed by atoms with Crippen LogP contribution in [0.5, 0.6) is 0 Å². The van der Waals surface area contributed by atoms with E-state index in [4.69, 9.17) is 5.73 Å². The SMILES string of the molecule is Nc1cccc(C(=O)N2C3CCC2CC(O)C3)n1. The predicted octanol–water partition coefficient (Wildman–Crippen LogP) is 0.792. The number of pyridine rings is 1. The van der Waals surface area contributed by atoms with Crippen LogP contribution in [0.15, 0.2) is 18.2 Å². The molecule has 3 rings (SSSR count). The topological polar surface area (TPSA) is 79.5 Å². The van der Waals surface area contributed by atoms with Crippen molar-refractivity contribution in [3.63, 3.8) is 0 Å². The second kappa shape index (κ2) is 4.24. The molecule has 0 saturated carbocycles. The second-order valence-corrected chi connectivity index (χ2v) is 5.17. The Morgan fingerprint density at radius 1 is 1.33 bits per heavy atom. The zero-order valence-electron chi connectivity index (χ0n) is 10.1. The molecule has 5 nitrogen and oxygen atoms in total. The van der Waals surface area contributed by atoms with Gasteiger partial charge in [0, 0.05) is 12.1 Å². The third-order valence-corrected chi connectivity index (χ3v) is 3.93. The molecule has 2 atom stereocenters. The summed E-state index contributed by atoms with van der Waals surface area (Å²) in [5.74, 6) is 0.312. The van der Waals surface area contributed by atoms with Crippen molar-refractivity contribution in [3.05, 3.63) is 23.9 Å². The molecule has 1 aromatic rings. The number of aliphatic hydroxyl groups excluding tert-OH is 1. The van der Waals surface area contributed by atoms with Crippen molar-refractivity contribution in [2.75, 3.05) is 5.73 Å². The third-order valence-electron chi connectivity index (χ3n) is 3.93. The molecule has 2 aliphatic rings. The number of piperidine rings is 1. The molecule has 0 radical (unpaired) electrons. The summed E-state index contributed by atoms with van der Waals surface area (Å²) in [4.78, 5) is 18.4. The highest BCUT2D eigenvalue weighted by molar-refractivity contribution is 5.93. The van der Waals surface area contributed by atoms with Gasteiger partial charge in [0.15, 0.2) is 0 Å². The van der Waals surface area contributed by atoms with E-state index >= 15 is 0 Å². The van der Waals surface area contributed by atoms with E-state index in [1.165, 1.54) is 0 Å². The van der Waals surface area contributed by atoms with Crippen LogP contribution in [0.1, 0.15) is 36.2 Å². The number of aromatic nitrogens is 1. The molecule has 1 amide bonds. The fourth-order valence-electron chi connectivity index (χ4n) is 3.18. The number of hydrogen-bond donors (Lipinski definition) is 2. The largest absolute Gasteiger partial charge is 0.393 e. The first-order valence-corrected chi connectivity index (χ1v) is 6.38. The van der Waals surface area contributed by atoms with Crippen LogP contribution in [0.4, 0.5) is 5.82 Å². The molecule has 5 heteroatoms. The Kier molecular flexibility index (Phi) is 2.70. The lowest BCUT2D eigenvalue weighted by atomic mass is 9.99. The van der Waals surface area contributed by atoms with Gasteiger partial charge in [0.25, 0.3) is 5.91 Å². The van der Waals surface area contributed by atoms with Crippen molar-refractivity contribution in [1.29, 1.82) is 0 Å². The van der Waals surface area contributed by atoms with Gasteiger partial charge in [0.05, 0.1) is 6.10 Å². The minimum absolute atomic E-state index is 0.0540. The Bertz CT molecular complexity index is 463. The number of rotatable bonds is 1. The zero-order valence-corrected chi connectivity index (χ0v) is 10.1. The molecule has 2 bridgehead atoms. The Labute approximate surface area is 106 Å². The van der Waals surface area contributed by atoms with E-state index in [0.29, 0.717) is 24.4 Å². The van der Waals surface area contributed by atoms with Crippen LogP contribution in [0.25, 0.3) is 0 Å². The number of hydrogen-bond acceptors (Lipinski definition) is 4. The van der Waals surface area contributed by atoms with Crippen LogP contribution in [-0.2, 0) is 0 Å². The number of nitrogens with zero attached hydrogens (tertiary/aromatic N) is 2. The van der Waals surface area contributed by atoms with Crippen molar-refractivity contribution < 1.29 is 9.90 Å². The third kappa shape index (κ3) is 1.84. The van der Waals surface area contributed by atoms with Gasteiger partial charge in [-0.2, -0.15) is 0 Å².